The highest BCUT2D eigenvalue weighted by Crippen LogP contribution is 2.17. The predicted molar refractivity (Wildman–Crippen MR) is 102 cm³/mol. The summed E-state index contributed by atoms with van der Waals surface area (Å²) < 4.78 is 32.1. The van der Waals surface area contributed by atoms with Crippen LogP contribution in [0, 0.1) is 0 Å². The Bertz CT molecular complexity index is 758. The van der Waals surface area contributed by atoms with Gasteiger partial charge in [-0.1, -0.05) is 30.7 Å². The minimum Gasteiger partial charge on any atom is -0.494 e. The molecule has 2 aromatic rings. The van der Waals surface area contributed by atoms with E-state index >= 15 is 0 Å². The van der Waals surface area contributed by atoms with Gasteiger partial charge >= 0.3 is 0 Å². The first-order valence-electron chi connectivity index (χ1n) is 8.37. The van der Waals surface area contributed by atoms with Crippen LogP contribution in [-0.4, -0.2) is 32.9 Å². The number of unbranched alkanes of at least 4 members (excludes halogenated alkanes) is 1. The van der Waals surface area contributed by atoms with E-state index < -0.39 is 10.0 Å². The fourth-order valence-electron chi connectivity index (χ4n) is 2.35. The van der Waals surface area contributed by atoms with E-state index in [1.807, 2.05) is 31.2 Å². The van der Waals surface area contributed by atoms with E-state index in [0.29, 0.717) is 23.1 Å². The van der Waals surface area contributed by atoms with Gasteiger partial charge in [0.2, 0.25) is 10.0 Å². The van der Waals surface area contributed by atoms with Crippen molar-refractivity contribution in [2.75, 3.05) is 20.2 Å². The number of nitrogens with zero attached hydrogens (tertiary/aromatic N) is 1. The second kappa shape index (κ2) is 9.22. The highest BCUT2D eigenvalue weighted by atomic mass is 35.5. The summed E-state index contributed by atoms with van der Waals surface area (Å²) in [6.07, 6.45) is 2.40. The van der Waals surface area contributed by atoms with Crippen LogP contribution >= 0.6 is 11.6 Å². The molecule has 4 nitrogen and oxygen atoms in total. The number of hydrogen-bond donors (Lipinski definition) is 0. The quantitative estimate of drug-likeness (QED) is 0.605. The molecule has 0 radical (unpaired) electrons. The Morgan fingerprint density at radius 3 is 2.24 bits per heavy atom. The summed E-state index contributed by atoms with van der Waals surface area (Å²) in [7, 11) is -1.82. The standard InChI is InChI=1S/C19H24ClNO3S/c1-3-16-6-12-19(13-7-16)25(22,23)21(2)14-4-5-15-24-18-10-8-17(20)9-11-18/h6-13H,3-5,14-15H2,1-2H3. The summed E-state index contributed by atoms with van der Waals surface area (Å²) in [5.74, 6) is 0.765. The van der Waals surface area contributed by atoms with Crippen molar-refractivity contribution in [2.24, 2.45) is 0 Å². The molecule has 0 fully saturated rings. The van der Waals surface area contributed by atoms with E-state index in [-0.39, 0.29) is 0 Å². The number of benzene rings is 2. The van der Waals surface area contributed by atoms with Crippen LogP contribution in [0.25, 0.3) is 0 Å². The smallest absolute Gasteiger partial charge is 0.242 e. The molecular formula is C19H24ClNO3S. The molecule has 0 saturated heterocycles. The summed E-state index contributed by atoms with van der Waals surface area (Å²) in [6.45, 7) is 3.05. The summed E-state index contributed by atoms with van der Waals surface area (Å²) in [5.41, 5.74) is 1.13. The zero-order chi connectivity index (χ0) is 18.3. The predicted octanol–water partition coefficient (Wildman–Crippen LogP) is 4.38. The lowest BCUT2D eigenvalue weighted by Crippen LogP contribution is -2.28. The molecule has 2 aromatic carbocycles. The lowest BCUT2D eigenvalue weighted by Gasteiger charge is -2.17. The topological polar surface area (TPSA) is 46.6 Å². The van der Waals surface area contributed by atoms with Crippen LogP contribution in [0.2, 0.25) is 5.02 Å². The van der Waals surface area contributed by atoms with Gasteiger partial charge in [0.25, 0.3) is 0 Å². The zero-order valence-corrected chi connectivity index (χ0v) is 16.2. The molecule has 136 valence electrons. The van der Waals surface area contributed by atoms with Crippen molar-refractivity contribution in [2.45, 2.75) is 31.1 Å². The molecule has 0 spiro atoms. The van der Waals surface area contributed by atoms with Crippen molar-refractivity contribution in [3.8, 4) is 5.75 Å². The molecular weight excluding hydrogens is 358 g/mol. The molecule has 0 aromatic heterocycles. The molecule has 0 amide bonds. The number of sulfonamides is 1. The maximum Gasteiger partial charge on any atom is 0.242 e. The largest absolute Gasteiger partial charge is 0.494 e. The van der Waals surface area contributed by atoms with Crippen molar-refractivity contribution in [3.05, 3.63) is 59.1 Å². The van der Waals surface area contributed by atoms with Crippen LogP contribution in [0.5, 0.6) is 5.75 Å². The normalized spacial score (nSPS) is 11.7. The van der Waals surface area contributed by atoms with Gasteiger partial charge < -0.3 is 4.74 Å². The zero-order valence-electron chi connectivity index (χ0n) is 14.6. The van der Waals surface area contributed by atoms with Gasteiger partial charge in [0.15, 0.2) is 0 Å². The second-order valence-electron chi connectivity index (χ2n) is 5.83. The van der Waals surface area contributed by atoms with E-state index in [9.17, 15) is 8.42 Å². The fraction of sp³-hybridized carbons (Fsp3) is 0.368. The van der Waals surface area contributed by atoms with E-state index in [1.165, 1.54) is 4.31 Å². The molecule has 6 heteroatoms. The maximum atomic E-state index is 12.5. The SMILES string of the molecule is CCc1ccc(S(=O)(=O)N(C)CCCCOc2ccc(Cl)cc2)cc1. The molecule has 2 rings (SSSR count). The Morgan fingerprint density at radius 1 is 1.00 bits per heavy atom. The first kappa shape index (κ1) is 19.8. The van der Waals surface area contributed by atoms with Gasteiger partial charge in [-0.3, -0.25) is 0 Å². The van der Waals surface area contributed by atoms with Crippen LogP contribution in [0.15, 0.2) is 53.4 Å². The van der Waals surface area contributed by atoms with Gasteiger partial charge in [-0.2, -0.15) is 0 Å². The van der Waals surface area contributed by atoms with Gasteiger partial charge in [-0.15, -0.1) is 0 Å². The molecule has 0 bridgehead atoms. The monoisotopic (exact) mass is 381 g/mol. The van der Waals surface area contributed by atoms with Crippen LogP contribution in [0.4, 0.5) is 0 Å². The van der Waals surface area contributed by atoms with Crippen LogP contribution in [-0.2, 0) is 16.4 Å². The van der Waals surface area contributed by atoms with Crippen LogP contribution in [0.1, 0.15) is 25.3 Å². The van der Waals surface area contributed by atoms with Gasteiger partial charge in [-0.05, 0) is 61.2 Å². The van der Waals surface area contributed by atoms with Gasteiger partial charge in [0.05, 0.1) is 11.5 Å². The van der Waals surface area contributed by atoms with Crippen LogP contribution in [0.3, 0.4) is 0 Å². The minimum absolute atomic E-state index is 0.338. The average Bonchev–Trinajstić information content (AvgIpc) is 2.62. The van der Waals surface area contributed by atoms with Crippen LogP contribution < -0.4 is 4.74 Å². The third-order valence-electron chi connectivity index (χ3n) is 3.99. The number of halogens is 1. The number of hydrogen-bond acceptors (Lipinski definition) is 3. The first-order valence-corrected chi connectivity index (χ1v) is 10.2. The van der Waals surface area contributed by atoms with E-state index in [0.717, 1.165) is 30.6 Å². The first-order chi connectivity index (χ1) is 11.9. The average molecular weight is 382 g/mol. The van der Waals surface area contributed by atoms with Crippen molar-refractivity contribution >= 4 is 21.6 Å². The van der Waals surface area contributed by atoms with E-state index in [1.54, 1.807) is 31.3 Å². The molecule has 0 heterocycles. The third kappa shape index (κ3) is 5.73. The maximum absolute atomic E-state index is 12.5. The van der Waals surface area contributed by atoms with Gasteiger partial charge in [-0.25, -0.2) is 12.7 Å². The van der Waals surface area contributed by atoms with E-state index in [2.05, 4.69) is 0 Å². The highest BCUT2D eigenvalue weighted by Gasteiger charge is 2.19. The van der Waals surface area contributed by atoms with Gasteiger partial charge in [0, 0.05) is 18.6 Å². The summed E-state index contributed by atoms with van der Waals surface area (Å²) >= 11 is 5.82. The number of aryl methyl sites for hydroxylation is 1. The third-order valence-corrected chi connectivity index (χ3v) is 6.11. The molecule has 0 aliphatic rings. The lowest BCUT2D eigenvalue weighted by molar-refractivity contribution is 0.300. The molecule has 0 N–H and O–H groups in total. The Kier molecular flexibility index (Phi) is 7.29. The Labute approximate surface area is 155 Å². The number of rotatable bonds is 9. The minimum atomic E-state index is -3.43. The molecule has 0 unspecified atom stereocenters. The molecule has 0 aliphatic heterocycles. The molecule has 0 atom stereocenters. The number of ether oxygens (including phenoxy) is 1. The van der Waals surface area contributed by atoms with Crippen molar-refractivity contribution in [1.82, 2.24) is 4.31 Å². The van der Waals surface area contributed by atoms with Crippen molar-refractivity contribution in [3.63, 3.8) is 0 Å². The fourth-order valence-corrected chi connectivity index (χ4v) is 3.69. The molecule has 25 heavy (non-hydrogen) atoms. The highest BCUT2D eigenvalue weighted by molar-refractivity contribution is 7.89. The van der Waals surface area contributed by atoms with E-state index in [4.69, 9.17) is 16.3 Å². The molecule has 0 saturated carbocycles. The van der Waals surface area contributed by atoms with Gasteiger partial charge in [0.1, 0.15) is 5.75 Å². The lowest BCUT2D eigenvalue weighted by atomic mass is 10.2. The van der Waals surface area contributed by atoms with Crippen molar-refractivity contribution in [1.29, 1.82) is 0 Å². The summed E-state index contributed by atoms with van der Waals surface area (Å²) in [6, 6.07) is 14.3. The Hall–Kier alpha value is -1.56. The Morgan fingerprint density at radius 2 is 1.64 bits per heavy atom. The Balaban J connectivity index is 1.78. The molecule has 0 aliphatic carbocycles. The second-order valence-corrected chi connectivity index (χ2v) is 8.31. The van der Waals surface area contributed by atoms with Crippen molar-refractivity contribution < 1.29 is 13.2 Å². The summed E-state index contributed by atoms with van der Waals surface area (Å²) in [5, 5.41) is 0.672. The summed E-state index contributed by atoms with van der Waals surface area (Å²) in [4.78, 5) is 0.338.